The average molecular weight is 494 g/mol. The van der Waals surface area contributed by atoms with Gasteiger partial charge in [0.1, 0.15) is 6.61 Å². The number of thioether (sulfide) groups is 1. The van der Waals surface area contributed by atoms with Crippen molar-refractivity contribution >= 4 is 23.1 Å². The number of nitrogens with zero attached hydrogens (tertiary/aromatic N) is 3. The van der Waals surface area contributed by atoms with Crippen LogP contribution in [-0.2, 0) is 13.0 Å². The van der Waals surface area contributed by atoms with Crippen LogP contribution in [0.3, 0.4) is 0 Å². The van der Waals surface area contributed by atoms with Gasteiger partial charge >= 0.3 is 0 Å². The monoisotopic (exact) mass is 493 g/mol. The van der Waals surface area contributed by atoms with Crippen molar-refractivity contribution in [3.05, 3.63) is 89.8 Å². The number of hydrogen-bond donors (Lipinski definition) is 1. The van der Waals surface area contributed by atoms with Crippen molar-refractivity contribution in [3.63, 3.8) is 0 Å². The first-order valence-electron chi connectivity index (χ1n) is 10.9. The average Bonchev–Trinajstić information content (AvgIpc) is 3.53. The molecule has 0 aliphatic carbocycles. The van der Waals surface area contributed by atoms with Gasteiger partial charge in [-0.2, -0.15) is 0 Å². The molecule has 8 heteroatoms. The largest absolute Gasteiger partial charge is 0.493 e. The van der Waals surface area contributed by atoms with Gasteiger partial charge < -0.3 is 14.6 Å². The van der Waals surface area contributed by atoms with Crippen LogP contribution in [0.4, 0.5) is 0 Å². The van der Waals surface area contributed by atoms with Crippen LogP contribution in [0.5, 0.6) is 11.5 Å². The molecule has 4 rings (SSSR count). The highest BCUT2D eigenvalue weighted by Crippen LogP contribution is 2.30. The summed E-state index contributed by atoms with van der Waals surface area (Å²) in [5.41, 5.74) is 2.26. The molecule has 0 fully saturated rings. The van der Waals surface area contributed by atoms with E-state index in [0.717, 1.165) is 33.4 Å². The number of hydrogen-bond acceptors (Lipinski definition) is 7. The molecule has 2 aromatic heterocycles. The topological polar surface area (TPSA) is 69.4 Å². The summed E-state index contributed by atoms with van der Waals surface area (Å²) in [7, 11) is 1.61. The van der Waals surface area contributed by atoms with Gasteiger partial charge in [0.25, 0.3) is 0 Å². The van der Waals surface area contributed by atoms with Crippen molar-refractivity contribution in [2.24, 2.45) is 0 Å². The zero-order valence-electron chi connectivity index (χ0n) is 19.0. The number of thiophene rings is 1. The third kappa shape index (κ3) is 6.08. The molecule has 2 aromatic carbocycles. The second-order valence-electron chi connectivity index (χ2n) is 7.61. The molecule has 4 aromatic rings. The molecular weight excluding hydrogens is 466 g/mol. The number of rotatable bonds is 12. The van der Waals surface area contributed by atoms with E-state index in [1.165, 1.54) is 11.8 Å². The fourth-order valence-electron chi connectivity index (χ4n) is 3.42. The first-order chi connectivity index (χ1) is 16.7. The summed E-state index contributed by atoms with van der Waals surface area (Å²) in [6.45, 7) is 4.57. The molecule has 0 aliphatic rings. The van der Waals surface area contributed by atoms with E-state index in [1.54, 1.807) is 18.4 Å². The van der Waals surface area contributed by atoms with Crippen LogP contribution >= 0.6 is 23.1 Å². The SMILES string of the molecule is C=CCc1ccc(OCC(O)CSc2nnc(-c3cccs3)n2Cc2ccccc2)c(OC)c1. The molecular formula is C26H27N3O3S2. The summed E-state index contributed by atoms with van der Waals surface area (Å²) in [6.07, 6.45) is 1.92. The molecule has 2 heterocycles. The van der Waals surface area contributed by atoms with E-state index >= 15 is 0 Å². The zero-order valence-corrected chi connectivity index (χ0v) is 20.6. The highest BCUT2D eigenvalue weighted by Gasteiger charge is 2.18. The normalized spacial score (nSPS) is 11.8. The number of aromatic nitrogens is 3. The fourth-order valence-corrected chi connectivity index (χ4v) is 4.98. The lowest BCUT2D eigenvalue weighted by Gasteiger charge is -2.15. The van der Waals surface area contributed by atoms with E-state index in [1.807, 2.05) is 60.0 Å². The van der Waals surface area contributed by atoms with E-state index in [4.69, 9.17) is 9.47 Å². The van der Waals surface area contributed by atoms with Gasteiger partial charge in [0.2, 0.25) is 0 Å². The van der Waals surface area contributed by atoms with Gasteiger partial charge in [-0.3, -0.25) is 4.57 Å². The number of benzene rings is 2. The van der Waals surface area contributed by atoms with Crippen LogP contribution in [0.2, 0.25) is 0 Å². The highest BCUT2D eigenvalue weighted by atomic mass is 32.2. The maximum absolute atomic E-state index is 10.6. The molecule has 0 bridgehead atoms. The van der Waals surface area contributed by atoms with Gasteiger partial charge in [0.05, 0.1) is 24.6 Å². The third-order valence-electron chi connectivity index (χ3n) is 5.09. The van der Waals surface area contributed by atoms with Crippen LogP contribution in [0.25, 0.3) is 10.7 Å². The number of allylic oxidation sites excluding steroid dienone is 1. The Morgan fingerprint density at radius 1 is 1.09 bits per heavy atom. The number of aliphatic hydroxyl groups excluding tert-OH is 1. The minimum absolute atomic E-state index is 0.148. The Labute approximate surface area is 207 Å². The molecule has 1 atom stereocenters. The van der Waals surface area contributed by atoms with Crippen LogP contribution in [-0.4, -0.2) is 45.4 Å². The van der Waals surface area contributed by atoms with Crippen LogP contribution in [0.1, 0.15) is 11.1 Å². The zero-order chi connectivity index (χ0) is 23.8. The highest BCUT2D eigenvalue weighted by molar-refractivity contribution is 7.99. The van der Waals surface area contributed by atoms with Crippen LogP contribution in [0.15, 0.2) is 83.9 Å². The Bertz CT molecular complexity index is 1190. The number of ether oxygens (including phenoxy) is 2. The predicted molar refractivity (Wildman–Crippen MR) is 138 cm³/mol. The van der Waals surface area contributed by atoms with Gasteiger partial charge in [-0.1, -0.05) is 60.3 Å². The summed E-state index contributed by atoms with van der Waals surface area (Å²) in [5, 5.41) is 22.2. The molecule has 0 radical (unpaired) electrons. The van der Waals surface area contributed by atoms with Gasteiger partial charge in [-0.15, -0.1) is 28.1 Å². The van der Waals surface area contributed by atoms with E-state index in [9.17, 15) is 5.11 Å². The number of aliphatic hydroxyl groups is 1. The van der Waals surface area contributed by atoms with E-state index in [0.29, 0.717) is 23.8 Å². The van der Waals surface area contributed by atoms with Gasteiger partial charge in [0.15, 0.2) is 22.5 Å². The van der Waals surface area contributed by atoms with Gasteiger partial charge in [0, 0.05) is 5.75 Å². The van der Waals surface area contributed by atoms with Gasteiger partial charge in [-0.05, 0) is 41.1 Å². The van der Waals surface area contributed by atoms with Crippen molar-refractivity contribution in [2.75, 3.05) is 19.5 Å². The summed E-state index contributed by atoms with van der Waals surface area (Å²) >= 11 is 3.10. The summed E-state index contributed by atoms with van der Waals surface area (Å²) in [5.74, 6) is 2.50. The quantitative estimate of drug-likeness (QED) is 0.213. The smallest absolute Gasteiger partial charge is 0.191 e. The lowest BCUT2D eigenvalue weighted by molar-refractivity contribution is 0.124. The Morgan fingerprint density at radius 2 is 1.94 bits per heavy atom. The summed E-state index contributed by atoms with van der Waals surface area (Å²) < 4.78 is 13.4. The van der Waals surface area contributed by atoms with E-state index < -0.39 is 6.10 Å². The molecule has 0 amide bonds. The Balaban J connectivity index is 1.41. The van der Waals surface area contributed by atoms with E-state index in [-0.39, 0.29) is 6.61 Å². The maximum atomic E-state index is 10.6. The van der Waals surface area contributed by atoms with E-state index in [2.05, 4.69) is 33.5 Å². The first kappa shape index (κ1) is 24.1. The van der Waals surface area contributed by atoms with Crippen molar-refractivity contribution in [3.8, 4) is 22.2 Å². The molecule has 6 nitrogen and oxygen atoms in total. The van der Waals surface area contributed by atoms with Crippen LogP contribution in [0, 0.1) is 0 Å². The first-order valence-corrected chi connectivity index (χ1v) is 12.8. The second-order valence-corrected chi connectivity index (χ2v) is 9.54. The minimum Gasteiger partial charge on any atom is -0.493 e. The lowest BCUT2D eigenvalue weighted by Crippen LogP contribution is -2.20. The standard InChI is InChI=1S/C26H27N3O3S2/c1-3-8-19-12-13-22(23(15-19)31-2)32-17-21(30)18-34-26-28-27-25(24-11-7-14-33-24)29(26)16-20-9-5-4-6-10-20/h3-7,9-15,21,30H,1,8,16-18H2,2H3. The molecule has 176 valence electrons. The second kappa shape index (κ2) is 11.9. The molecule has 0 saturated heterocycles. The van der Waals surface area contributed by atoms with Crippen LogP contribution < -0.4 is 9.47 Å². The predicted octanol–water partition coefficient (Wildman–Crippen LogP) is 5.32. The lowest BCUT2D eigenvalue weighted by atomic mass is 10.1. The van der Waals surface area contributed by atoms with Crippen molar-refractivity contribution < 1.29 is 14.6 Å². The van der Waals surface area contributed by atoms with Crippen molar-refractivity contribution in [1.82, 2.24) is 14.8 Å². The summed E-state index contributed by atoms with van der Waals surface area (Å²) in [6, 6.07) is 20.0. The molecule has 0 aliphatic heterocycles. The molecule has 1 unspecified atom stereocenters. The molecule has 0 spiro atoms. The number of methoxy groups -OCH3 is 1. The maximum Gasteiger partial charge on any atom is 0.191 e. The van der Waals surface area contributed by atoms with Crippen molar-refractivity contribution in [1.29, 1.82) is 0 Å². The summed E-state index contributed by atoms with van der Waals surface area (Å²) in [4.78, 5) is 1.06. The molecule has 1 N–H and O–H groups in total. The molecule has 0 saturated carbocycles. The Hall–Kier alpha value is -3.07. The Morgan fingerprint density at radius 3 is 2.68 bits per heavy atom. The van der Waals surface area contributed by atoms with Gasteiger partial charge in [-0.25, -0.2) is 0 Å². The fraction of sp³-hybridized carbons (Fsp3) is 0.231. The molecule has 34 heavy (non-hydrogen) atoms. The van der Waals surface area contributed by atoms with Crippen molar-refractivity contribution in [2.45, 2.75) is 24.2 Å². The third-order valence-corrected chi connectivity index (χ3v) is 7.06. The Kier molecular flexibility index (Phi) is 8.41. The minimum atomic E-state index is -0.686.